The van der Waals surface area contributed by atoms with Crippen LogP contribution in [-0.2, 0) is 0 Å². The van der Waals surface area contributed by atoms with Crippen LogP contribution in [0.25, 0.3) is 0 Å². The van der Waals surface area contributed by atoms with Gasteiger partial charge in [0, 0.05) is 10.0 Å². The minimum Gasteiger partial charge on any atom is -0.494 e. The molecule has 21 heavy (non-hydrogen) atoms. The van der Waals surface area contributed by atoms with E-state index in [1.54, 1.807) is 12.1 Å². The predicted octanol–water partition coefficient (Wildman–Crippen LogP) is 4.34. The highest BCUT2D eigenvalue weighted by atomic mass is 79.9. The Kier molecular flexibility index (Phi) is 5.39. The predicted molar refractivity (Wildman–Crippen MR) is 87.6 cm³/mol. The third kappa shape index (κ3) is 4.33. The molecule has 110 valence electrons. The molecule has 2 rings (SSSR count). The van der Waals surface area contributed by atoms with Crippen molar-refractivity contribution >= 4 is 21.8 Å². The molecular formula is C17H18BrNO2. The molecule has 0 heterocycles. The van der Waals surface area contributed by atoms with E-state index in [0.29, 0.717) is 12.2 Å². The second kappa shape index (κ2) is 7.27. The molecule has 0 spiro atoms. The highest BCUT2D eigenvalue weighted by Crippen LogP contribution is 2.18. The van der Waals surface area contributed by atoms with E-state index < -0.39 is 0 Å². The number of rotatable bonds is 5. The third-order valence-electron chi connectivity index (χ3n) is 3.15. The lowest BCUT2D eigenvalue weighted by molar-refractivity contribution is 0.0940. The first-order valence-corrected chi connectivity index (χ1v) is 7.68. The van der Waals surface area contributed by atoms with Crippen LogP contribution in [0, 0.1) is 0 Å². The number of hydrogen-bond acceptors (Lipinski definition) is 2. The summed E-state index contributed by atoms with van der Waals surface area (Å²) in [5, 5.41) is 2.99. The number of hydrogen-bond donors (Lipinski definition) is 1. The number of halogens is 1. The van der Waals surface area contributed by atoms with Crippen molar-refractivity contribution < 1.29 is 9.53 Å². The Morgan fingerprint density at radius 3 is 2.33 bits per heavy atom. The second-order valence-corrected chi connectivity index (χ2v) is 5.62. The minimum absolute atomic E-state index is 0.0585. The highest BCUT2D eigenvalue weighted by Gasteiger charge is 2.11. The van der Waals surface area contributed by atoms with Crippen LogP contribution in [0.15, 0.2) is 53.0 Å². The average molecular weight is 348 g/mol. The maximum atomic E-state index is 12.2. The maximum Gasteiger partial charge on any atom is 0.251 e. The van der Waals surface area contributed by atoms with Crippen LogP contribution < -0.4 is 10.1 Å². The molecule has 3 nitrogen and oxygen atoms in total. The lowest BCUT2D eigenvalue weighted by atomic mass is 10.1. The second-order valence-electron chi connectivity index (χ2n) is 4.70. The lowest BCUT2D eigenvalue weighted by Gasteiger charge is -2.15. The van der Waals surface area contributed by atoms with E-state index in [9.17, 15) is 4.79 Å². The van der Waals surface area contributed by atoms with Gasteiger partial charge in [-0.25, -0.2) is 0 Å². The molecule has 4 heteroatoms. The van der Waals surface area contributed by atoms with Gasteiger partial charge in [0.1, 0.15) is 5.75 Å². The van der Waals surface area contributed by atoms with Crippen molar-refractivity contribution in [3.8, 4) is 5.75 Å². The quantitative estimate of drug-likeness (QED) is 0.873. The van der Waals surface area contributed by atoms with Crippen molar-refractivity contribution in [2.45, 2.75) is 19.9 Å². The van der Waals surface area contributed by atoms with Gasteiger partial charge < -0.3 is 10.1 Å². The molecule has 0 radical (unpaired) electrons. The Hall–Kier alpha value is -1.81. The Labute approximate surface area is 133 Å². The zero-order valence-corrected chi connectivity index (χ0v) is 13.7. The lowest BCUT2D eigenvalue weighted by Crippen LogP contribution is -2.26. The first kappa shape index (κ1) is 15.6. The summed E-state index contributed by atoms with van der Waals surface area (Å²) >= 11 is 3.36. The van der Waals surface area contributed by atoms with Gasteiger partial charge in [-0.05, 0) is 55.8 Å². The fourth-order valence-corrected chi connectivity index (χ4v) is 2.25. The van der Waals surface area contributed by atoms with E-state index in [1.165, 1.54) is 0 Å². The number of carbonyl (C=O) groups is 1. The summed E-state index contributed by atoms with van der Waals surface area (Å²) in [6, 6.07) is 15.0. The van der Waals surface area contributed by atoms with Crippen molar-refractivity contribution in [1.82, 2.24) is 5.32 Å². The zero-order chi connectivity index (χ0) is 15.2. The first-order valence-electron chi connectivity index (χ1n) is 6.89. The molecule has 1 amide bonds. The third-order valence-corrected chi connectivity index (χ3v) is 3.67. The van der Waals surface area contributed by atoms with Crippen molar-refractivity contribution in [1.29, 1.82) is 0 Å². The number of ether oxygens (including phenoxy) is 1. The molecule has 0 aliphatic carbocycles. The fraction of sp³-hybridized carbons (Fsp3) is 0.235. The summed E-state index contributed by atoms with van der Waals surface area (Å²) in [5.74, 6) is 0.761. The molecule has 1 atom stereocenters. The van der Waals surface area contributed by atoms with Crippen molar-refractivity contribution in [2.75, 3.05) is 6.61 Å². The summed E-state index contributed by atoms with van der Waals surface area (Å²) in [4.78, 5) is 12.2. The molecule has 0 aromatic heterocycles. The SMILES string of the molecule is CCOc1ccc([C@H](C)NC(=O)c2ccc(Br)cc2)cc1. The van der Waals surface area contributed by atoms with E-state index in [1.807, 2.05) is 50.2 Å². The Bertz CT molecular complexity index is 593. The zero-order valence-electron chi connectivity index (χ0n) is 12.1. The number of carbonyl (C=O) groups excluding carboxylic acids is 1. The van der Waals surface area contributed by atoms with Gasteiger partial charge in [-0.3, -0.25) is 4.79 Å². The van der Waals surface area contributed by atoms with Gasteiger partial charge in [-0.15, -0.1) is 0 Å². The summed E-state index contributed by atoms with van der Waals surface area (Å²) in [6.07, 6.45) is 0. The minimum atomic E-state index is -0.0797. The normalized spacial score (nSPS) is 11.8. The van der Waals surface area contributed by atoms with Crippen molar-refractivity contribution in [3.05, 3.63) is 64.1 Å². The summed E-state index contributed by atoms with van der Waals surface area (Å²) in [7, 11) is 0. The van der Waals surface area contributed by atoms with Crippen LogP contribution in [0.1, 0.15) is 35.8 Å². The summed E-state index contributed by atoms with van der Waals surface area (Å²) in [6.45, 7) is 4.57. The largest absolute Gasteiger partial charge is 0.494 e. The molecule has 2 aromatic rings. The first-order chi connectivity index (χ1) is 10.1. The van der Waals surface area contributed by atoms with E-state index in [0.717, 1.165) is 15.8 Å². The molecule has 0 aliphatic heterocycles. The molecule has 0 bridgehead atoms. The molecule has 1 N–H and O–H groups in total. The van der Waals surface area contributed by atoms with E-state index in [4.69, 9.17) is 4.74 Å². The highest BCUT2D eigenvalue weighted by molar-refractivity contribution is 9.10. The molecule has 0 saturated heterocycles. The topological polar surface area (TPSA) is 38.3 Å². The molecule has 0 saturated carbocycles. The Morgan fingerprint density at radius 2 is 1.76 bits per heavy atom. The van der Waals surface area contributed by atoms with Crippen LogP contribution in [0.4, 0.5) is 0 Å². The van der Waals surface area contributed by atoms with Gasteiger partial charge in [0.05, 0.1) is 12.6 Å². The van der Waals surface area contributed by atoms with Crippen molar-refractivity contribution in [3.63, 3.8) is 0 Å². The van der Waals surface area contributed by atoms with E-state index in [2.05, 4.69) is 21.2 Å². The number of nitrogens with one attached hydrogen (secondary N) is 1. The van der Waals surface area contributed by atoms with E-state index >= 15 is 0 Å². The molecule has 0 unspecified atom stereocenters. The smallest absolute Gasteiger partial charge is 0.251 e. The van der Waals surface area contributed by atoms with Crippen LogP contribution in [0.2, 0.25) is 0 Å². The van der Waals surface area contributed by atoms with Crippen LogP contribution in [0.3, 0.4) is 0 Å². The standard InChI is InChI=1S/C17H18BrNO2/c1-3-21-16-10-6-13(7-11-16)12(2)19-17(20)14-4-8-15(18)9-5-14/h4-12H,3H2,1-2H3,(H,19,20)/t12-/m0/s1. The Balaban J connectivity index is 2.01. The van der Waals surface area contributed by atoms with Gasteiger partial charge in [-0.1, -0.05) is 28.1 Å². The average Bonchev–Trinajstić information content (AvgIpc) is 2.49. The van der Waals surface area contributed by atoms with Crippen LogP contribution in [0.5, 0.6) is 5.75 Å². The van der Waals surface area contributed by atoms with Gasteiger partial charge in [-0.2, -0.15) is 0 Å². The monoisotopic (exact) mass is 347 g/mol. The van der Waals surface area contributed by atoms with Crippen LogP contribution >= 0.6 is 15.9 Å². The Morgan fingerprint density at radius 1 is 1.14 bits per heavy atom. The number of benzene rings is 2. The summed E-state index contributed by atoms with van der Waals surface area (Å²) in [5.41, 5.74) is 1.69. The molecule has 2 aromatic carbocycles. The number of amides is 1. The maximum absolute atomic E-state index is 12.2. The van der Waals surface area contributed by atoms with Crippen molar-refractivity contribution in [2.24, 2.45) is 0 Å². The fourth-order valence-electron chi connectivity index (χ4n) is 1.98. The van der Waals surface area contributed by atoms with Gasteiger partial charge >= 0.3 is 0 Å². The summed E-state index contributed by atoms with van der Waals surface area (Å²) < 4.78 is 6.37. The molecule has 0 fully saturated rings. The van der Waals surface area contributed by atoms with Gasteiger partial charge in [0.15, 0.2) is 0 Å². The van der Waals surface area contributed by atoms with Gasteiger partial charge in [0.2, 0.25) is 0 Å². The van der Waals surface area contributed by atoms with Gasteiger partial charge in [0.25, 0.3) is 5.91 Å². The molecular weight excluding hydrogens is 330 g/mol. The van der Waals surface area contributed by atoms with E-state index in [-0.39, 0.29) is 11.9 Å². The van der Waals surface area contributed by atoms with Crippen LogP contribution in [-0.4, -0.2) is 12.5 Å². The molecule has 0 aliphatic rings.